The van der Waals surface area contributed by atoms with Gasteiger partial charge in [-0.05, 0) is 29.8 Å². The van der Waals surface area contributed by atoms with Gasteiger partial charge in [0.05, 0.1) is 12.1 Å². The fourth-order valence-corrected chi connectivity index (χ4v) is 2.27. The molecule has 2 aromatic rings. The van der Waals surface area contributed by atoms with E-state index in [2.05, 4.69) is 5.32 Å². The predicted molar refractivity (Wildman–Crippen MR) is 86.8 cm³/mol. The van der Waals surface area contributed by atoms with Crippen molar-refractivity contribution in [2.24, 2.45) is 0 Å². The average Bonchev–Trinajstić information content (AvgIpc) is 2.48. The molecule has 0 aromatic heterocycles. The Hall–Kier alpha value is -1.92. The first-order valence-corrected chi connectivity index (χ1v) is 7.52. The highest BCUT2D eigenvalue weighted by molar-refractivity contribution is 6.31. The van der Waals surface area contributed by atoms with E-state index in [1.165, 1.54) is 18.2 Å². The fraction of sp³-hybridized carbons (Fsp3) is 0.188. The molecule has 24 heavy (non-hydrogen) atoms. The Kier molecular flexibility index (Phi) is 5.96. The Morgan fingerprint density at radius 3 is 2.50 bits per heavy atom. The van der Waals surface area contributed by atoms with Crippen molar-refractivity contribution in [2.45, 2.75) is 12.6 Å². The minimum Gasteiger partial charge on any atom is -0.482 e. The van der Waals surface area contributed by atoms with Crippen molar-refractivity contribution in [3.8, 4) is 5.75 Å². The third kappa shape index (κ3) is 5.62. The quantitative estimate of drug-likeness (QED) is 0.785. The molecule has 0 saturated carbocycles. The van der Waals surface area contributed by atoms with Crippen LogP contribution in [0.2, 0.25) is 10.0 Å². The molecule has 8 heteroatoms. The third-order valence-corrected chi connectivity index (χ3v) is 3.52. The van der Waals surface area contributed by atoms with Crippen molar-refractivity contribution in [1.82, 2.24) is 0 Å². The van der Waals surface area contributed by atoms with Crippen LogP contribution < -0.4 is 10.1 Å². The largest absolute Gasteiger partial charge is 0.482 e. The lowest BCUT2D eigenvalue weighted by Gasteiger charge is -2.14. The summed E-state index contributed by atoms with van der Waals surface area (Å²) in [6, 6.07) is 10.7. The van der Waals surface area contributed by atoms with Crippen molar-refractivity contribution < 1.29 is 22.7 Å². The Morgan fingerprint density at radius 2 is 1.83 bits per heavy atom. The zero-order valence-electron chi connectivity index (χ0n) is 12.2. The number of hydrogen-bond donors (Lipinski definition) is 1. The predicted octanol–water partition coefficient (Wildman–Crippen LogP) is 5.12. The highest BCUT2D eigenvalue weighted by Crippen LogP contribution is 2.30. The number of rotatable bonds is 5. The highest BCUT2D eigenvalue weighted by Gasteiger charge is 2.29. The highest BCUT2D eigenvalue weighted by atomic mass is 35.5. The summed E-state index contributed by atoms with van der Waals surface area (Å²) in [6.45, 7) is -1.47. The number of amides is 1. The first kappa shape index (κ1) is 18.4. The van der Waals surface area contributed by atoms with Crippen molar-refractivity contribution in [2.75, 3.05) is 11.9 Å². The van der Waals surface area contributed by atoms with Crippen LogP contribution >= 0.6 is 23.2 Å². The fourth-order valence-electron chi connectivity index (χ4n) is 1.89. The average molecular weight is 378 g/mol. The van der Waals surface area contributed by atoms with Gasteiger partial charge in [-0.15, -0.1) is 0 Å². The van der Waals surface area contributed by atoms with Gasteiger partial charge in [-0.25, -0.2) is 0 Å². The number of carbonyl (C=O) groups excluding carboxylic acids is 1. The summed E-state index contributed by atoms with van der Waals surface area (Å²) in [5.74, 6) is -0.577. The van der Waals surface area contributed by atoms with Crippen LogP contribution in [0.4, 0.5) is 18.9 Å². The molecule has 0 heterocycles. The zero-order chi connectivity index (χ0) is 17.7. The van der Waals surface area contributed by atoms with E-state index in [-0.39, 0.29) is 22.9 Å². The molecular formula is C16H12Cl2F3NO2. The van der Waals surface area contributed by atoms with Crippen LogP contribution in [0.25, 0.3) is 0 Å². The Labute approximate surface area is 146 Å². The van der Waals surface area contributed by atoms with Gasteiger partial charge in [0.15, 0.2) is 6.61 Å². The second kappa shape index (κ2) is 7.77. The maximum atomic E-state index is 12.3. The molecule has 0 aliphatic rings. The molecule has 0 saturated heterocycles. The molecule has 1 N–H and O–H groups in total. The minimum absolute atomic E-state index is 0.0368. The topological polar surface area (TPSA) is 38.3 Å². The number of halogens is 5. The number of hydrogen-bond acceptors (Lipinski definition) is 2. The molecule has 3 nitrogen and oxygen atoms in total. The van der Waals surface area contributed by atoms with Crippen LogP contribution in [0, 0.1) is 0 Å². The monoisotopic (exact) mass is 377 g/mol. The Balaban J connectivity index is 2.11. The summed E-state index contributed by atoms with van der Waals surface area (Å²) in [7, 11) is 0. The number of benzene rings is 2. The van der Waals surface area contributed by atoms with E-state index in [4.69, 9.17) is 27.9 Å². The maximum Gasteiger partial charge on any atom is 0.422 e. The number of anilines is 1. The molecule has 0 atom stereocenters. The normalized spacial score (nSPS) is 11.2. The van der Waals surface area contributed by atoms with Gasteiger partial charge in [0.25, 0.3) is 0 Å². The molecule has 0 bridgehead atoms. The van der Waals surface area contributed by atoms with Gasteiger partial charge in [0.2, 0.25) is 5.91 Å². The summed E-state index contributed by atoms with van der Waals surface area (Å²) >= 11 is 11.8. The molecule has 2 aromatic carbocycles. The van der Waals surface area contributed by atoms with Crippen molar-refractivity contribution in [1.29, 1.82) is 0 Å². The van der Waals surface area contributed by atoms with Crippen LogP contribution in [0.15, 0.2) is 42.5 Å². The van der Waals surface area contributed by atoms with Crippen LogP contribution in [0.1, 0.15) is 5.56 Å². The molecule has 128 valence electrons. The van der Waals surface area contributed by atoms with Crippen molar-refractivity contribution >= 4 is 34.8 Å². The number of carbonyl (C=O) groups is 1. The molecule has 0 aliphatic heterocycles. The SMILES string of the molecule is O=C(Cc1ccccc1Cl)Nc1cc(Cl)ccc1OCC(F)(F)F. The van der Waals surface area contributed by atoms with E-state index in [1.54, 1.807) is 24.3 Å². The van der Waals surface area contributed by atoms with E-state index < -0.39 is 18.7 Å². The first-order valence-electron chi connectivity index (χ1n) is 6.77. The summed E-state index contributed by atoms with van der Waals surface area (Å²) in [5, 5.41) is 3.16. The second-order valence-electron chi connectivity index (χ2n) is 4.86. The number of alkyl halides is 3. The van der Waals surface area contributed by atoms with Crippen molar-refractivity contribution in [3.63, 3.8) is 0 Å². The minimum atomic E-state index is -4.49. The lowest BCUT2D eigenvalue weighted by atomic mass is 10.1. The molecule has 2 rings (SSSR count). The van der Waals surface area contributed by atoms with Crippen LogP contribution in [0.3, 0.4) is 0 Å². The van der Waals surface area contributed by atoms with E-state index in [0.29, 0.717) is 10.6 Å². The van der Waals surface area contributed by atoms with Gasteiger partial charge >= 0.3 is 6.18 Å². The van der Waals surface area contributed by atoms with Gasteiger partial charge in [0, 0.05) is 10.0 Å². The maximum absolute atomic E-state index is 12.3. The summed E-state index contributed by atoms with van der Waals surface area (Å²) < 4.78 is 41.6. The molecule has 0 spiro atoms. The summed E-state index contributed by atoms with van der Waals surface area (Å²) in [4.78, 5) is 12.1. The standard InChI is InChI=1S/C16H12Cl2F3NO2/c17-11-5-6-14(24-9-16(19,20)21)13(8-11)22-15(23)7-10-3-1-2-4-12(10)18/h1-6,8H,7,9H2,(H,22,23). The van der Waals surface area contributed by atoms with Gasteiger partial charge in [-0.2, -0.15) is 13.2 Å². The van der Waals surface area contributed by atoms with Gasteiger partial charge < -0.3 is 10.1 Å². The number of ether oxygens (including phenoxy) is 1. The number of nitrogens with one attached hydrogen (secondary N) is 1. The summed E-state index contributed by atoms with van der Waals surface area (Å²) in [5.41, 5.74) is 0.653. The Morgan fingerprint density at radius 1 is 1.12 bits per heavy atom. The van der Waals surface area contributed by atoms with Gasteiger partial charge in [-0.1, -0.05) is 41.4 Å². The van der Waals surface area contributed by atoms with Crippen LogP contribution in [-0.2, 0) is 11.2 Å². The molecule has 0 fully saturated rings. The van der Waals surface area contributed by atoms with Gasteiger partial charge in [0.1, 0.15) is 5.75 Å². The smallest absolute Gasteiger partial charge is 0.422 e. The zero-order valence-corrected chi connectivity index (χ0v) is 13.7. The van der Waals surface area contributed by atoms with Crippen LogP contribution in [-0.4, -0.2) is 18.7 Å². The van der Waals surface area contributed by atoms with E-state index in [1.807, 2.05) is 0 Å². The molecule has 0 radical (unpaired) electrons. The molecular weight excluding hydrogens is 366 g/mol. The molecule has 0 unspecified atom stereocenters. The Bertz CT molecular complexity index is 736. The second-order valence-corrected chi connectivity index (χ2v) is 5.70. The van der Waals surface area contributed by atoms with E-state index in [0.717, 1.165) is 0 Å². The lowest BCUT2D eigenvalue weighted by molar-refractivity contribution is -0.153. The van der Waals surface area contributed by atoms with Crippen LogP contribution in [0.5, 0.6) is 5.75 Å². The van der Waals surface area contributed by atoms with E-state index in [9.17, 15) is 18.0 Å². The van der Waals surface area contributed by atoms with Gasteiger partial charge in [-0.3, -0.25) is 4.79 Å². The van der Waals surface area contributed by atoms with Crippen molar-refractivity contribution in [3.05, 3.63) is 58.1 Å². The van der Waals surface area contributed by atoms with E-state index >= 15 is 0 Å². The third-order valence-electron chi connectivity index (χ3n) is 2.92. The molecule has 0 aliphatic carbocycles. The first-order chi connectivity index (χ1) is 11.2. The molecule has 1 amide bonds. The summed E-state index contributed by atoms with van der Waals surface area (Å²) in [6.07, 6.45) is -4.52. The lowest BCUT2D eigenvalue weighted by Crippen LogP contribution is -2.21.